The van der Waals surface area contributed by atoms with Gasteiger partial charge in [0.1, 0.15) is 0 Å². The minimum atomic E-state index is 0.354. The van der Waals surface area contributed by atoms with Crippen LogP contribution < -0.4 is 5.32 Å². The van der Waals surface area contributed by atoms with Crippen LogP contribution in [0.1, 0.15) is 24.6 Å². The van der Waals surface area contributed by atoms with Crippen molar-refractivity contribution in [2.75, 3.05) is 20.1 Å². The van der Waals surface area contributed by atoms with E-state index in [-0.39, 0.29) is 0 Å². The second-order valence-corrected chi connectivity index (χ2v) is 6.73. The van der Waals surface area contributed by atoms with E-state index in [0.29, 0.717) is 5.54 Å². The van der Waals surface area contributed by atoms with Gasteiger partial charge in [0.25, 0.3) is 0 Å². The highest BCUT2D eigenvalue weighted by molar-refractivity contribution is 9.10. The molecule has 0 radical (unpaired) electrons. The van der Waals surface area contributed by atoms with Crippen molar-refractivity contribution in [3.8, 4) is 0 Å². The average Bonchev–Trinajstić information content (AvgIpc) is 2.68. The zero-order valence-corrected chi connectivity index (χ0v) is 12.3. The topological polar surface area (TPSA) is 15.3 Å². The summed E-state index contributed by atoms with van der Waals surface area (Å²) in [7, 11) is 2.08. The van der Waals surface area contributed by atoms with Crippen LogP contribution in [0.4, 0.5) is 0 Å². The number of nitrogens with zero attached hydrogens (tertiary/aromatic N) is 1. The van der Waals surface area contributed by atoms with E-state index in [1.807, 2.05) is 11.3 Å². The van der Waals surface area contributed by atoms with E-state index in [1.54, 1.807) is 0 Å². The molecule has 2 heterocycles. The molecule has 0 spiro atoms. The van der Waals surface area contributed by atoms with Gasteiger partial charge in [-0.15, -0.1) is 11.3 Å². The first kappa shape index (κ1) is 12.6. The number of halogens is 1. The van der Waals surface area contributed by atoms with Crippen molar-refractivity contribution in [1.29, 1.82) is 0 Å². The van der Waals surface area contributed by atoms with Gasteiger partial charge >= 0.3 is 0 Å². The lowest BCUT2D eigenvalue weighted by atomic mass is 9.90. The SMILES string of the molecule is CNC1(C)CCN(Cc2cc(Br)cs2)CC1. The third-order valence-electron chi connectivity index (χ3n) is 3.56. The summed E-state index contributed by atoms with van der Waals surface area (Å²) in [4.78, 5) is 4.01. The van der Waals surface area contributed by atoms with Crippen LogP contribution in [-0.4, -0.2) is 30.6 Å². The summed E-state index contributed by atoms with van der Waals surface area (Å²) in [5, 5.41) is 5.60. The lowest BCUT2D eigenvalue weighted by molar-refractivity contribution is 0.147. The maximum Gasteiger partial charge on any atom is 0.0328 e. The van der Waals surface area contributed by atoms with Gasteiger partial charge in [-0.3, -0.25) is 4.90 Å². The van der Waals surface area contributed by atoms with Gasteiger partial charge in [-0.05, 0) is 48.8 Å². The van der Waals surface area contributed by atoms with Crippen LogP contribution in [0.3, 0.4) is 0 Å². The number of likely N-dealkylation sites (tertiary alicyclic amines) is 1. The van der Waals surface area contributed by atoms with Gasteiger partial charge in [0.2, 0.25) is 0 Å². The Morgan fingerprint density at radius 1 is 1.50 bits per heavy atom. The molecule has 90 valence electrons. The molecule has 0 saturated carbocycles. The Kier molecular flexibility index (Phi) is 4.06. The molecule has 1 aromatic rings. The number of hydrogen-bond donors (Lipinski definition) is 1. The molecular formula is C12H19BrN2S. The van der Waals surface area contributed by atoms with E-state index in [1.165, 1.54) is 35.3 Å². The van der Waals surface area contributed by atoms with Gasteiger partial charge in [0.05, 0.1) is 0 Å². The van der Waals surface area contributed by atoms with Gasteiger partial charge in [-0.1, -0.05) is 0 Å². The maximum absolute atomic E-state index is 3.51. The highest BCUT2D eigenvalue weighted by Crippen LogP contribution is 2.25. The lowest BCUT2D eigenvalue weighted by Crippen LogP contribution is -2.49. The Morgan fingerprint density at radius 2 is 2.19 bits per heavy atom. The van der Waals surface area contributed by atoms with Crippen LogP contribution in [0.25, 0.3) is 0 Å². The number of thiophene rings is 1. The normalized spacial score (nSPS) is 21.2. The first-order chi connectivity index (χ1) is 7.61. The quantitative estimate of drug-likeness (QED) is 0.923. The molecule has 1 fully saturated rings. The van der Waals surface area contributed by atoms with Crippen LogP contribution >= 0.6 is 27.3 Å². The van der Waals surface area contributed by atoms with Crippen LogP contribution in [0.15, 0.2) is 15.9 Å². The van der Waals surface area contributed by atoms with Crippen molar-refractivity contribution in [2.45, 2.75) is 31.8 Å². The molecule has 1 aliphatic heterocycles. The summed E-state index contributed by atoms with van der Waals surface area (Å²) in [6, 6.07) is 2.23. The standard InChI is InChI=1S/C12H19BrN2S/c1-12(14-2)3-5-15(6-4-12)8-11-7-10(13)9-16-11/h7,9,14H,3-6,8H2,1-2H3. The molecule has 4 heteroatoms. The van der Waals surface area contributed by atoms with E-state index in [9.17, 15) is 0 Å². The van der Waals surface area contributed by atoms with Crippen LogP contribution in [-0.2, 0) is 6.54 Å². The van der Waals surface area contributed by atoms with Crippen LogP contribution in [0.2, 0.25) is 0 Å². The van der Waals surface area contributed by atoms with E-state index >= 15 is 0 Å². The monoisotopic (exact) mass is 302 g/mol. The maximum atomic E-state index is 3.51. The molecule has 2 rings (SSSR count). The number of nitrogens with one attached hydrogen (secondary N) is 1. The summed E-state index contributed by atoms with van der Waals surface area (Å²) in [6.45, 7) is 5.84. The molecule has 0 atom stereocenters. The minimum Gasteiger partial charge on any atom is -0.314 e. The predicted molar refractivity (Wildman–Crippen MR) is 74.0 cm³/mol. The molecular weight excluding hydrogens is 284 g/mol. The van der Waals surface area contributed by atoms with E-state index in [4.69, 9.17) is 0 Å². The molecule has 0 aliphatic carbocycles. The Balaban J connectivity index is 1.86. The van der Waals surface area contributed by atoms with E-state index in [0.717, 1.165) is 6.54 Å². The van der Waals surface area contributed by atoms with Crippen molar-refractivity contribution in [3.05, 3.63) is 20.8 Å². The van der Waals surface area contributed by atoms with Crippen LogP contribution in [0, 0.1) is 0 Å². The first-order valence-corrected chi connectivity index (χ1v) is 7.43. The molecule has 1 aliphatic rings. The molecule has 0 amide bonds. The second kappa shape index (κ2) is 5.17. The number of hydrogen-bond acceptors (Lipinski definition) is 3. The molecule has 0 unspecified atom stereocenters. The average molecular weight is 303 g/mol. The third-order valence-corrected chi connectivity index (χ3v) is 5.25. The fraction of sp³-hybridized carbons (Fsp3) is 0.667. The number of piperidine rings is 1. The van der Waals surface area contributed by atoms with Crippen molar-refractivity contribution in [1.82, 2.24) is 10.2 Å². The predicted octanol–water partition coefficient (Wildman–Crippen LogP) is 3.08. The molecule has 0 bridgehead atoms. The second-order valence-electron chi connectivity index (χ2n) is 4.82. The fourth-order valence-corrected chi connectivity index (χ4v) is 3.60. The fourth-order valence-electron chi connectivity index (χ4n) is 2.11. The molecule has 2 nitrogen and oxygen atoms in total. The van der Waals surface area contributed by atoms with Gasteiger partial charge < -0.3 is 5.32 Å². The van der Waals surface area contributed by atoms with Gasteiger partial charge in [-0.2, -0.15) is 0 Å². The summed E-state index contributed by atoms with van der Waals surface area (Å²) >= 11 is 5.35. The van der Waals surface area contributed by atoms with Crippen molar-refractivity contribution < 1.29 is 0 Å². The summed E-state index contributed by atoms with van der Waals surface area (Å²) in [5.74, 6) is 0. The zero-order chi connectivity index (χ0) is 11.6. The Hall–Kier alpha value is 0.1000. The molecule has 1 saturated heterocycles. The van der Waals surface area contributed by atoms with Crippen molar-refractivity contribution >= 4 is 27.3 Å². The Labute approximate surface area is 110 Å². The Morgan fingerprint density at radius 3 is 2.69 bits per heavy atom. The third kappa shape index (κ3) is 3.06. The summed E-state index contributed by atoms with van der Waals surface area (Å²) < 4.78 is 1.21. The van der Waals surface area contributed by atoms with Crippen LogP contribution in [0.5, 0.6) is 0 Å². The zero-order valence-electron chi connectivity index (χ0n) is 9.92. The molecule has 1 aromatic heterocycles. The van der Waals surface area contributed by atoms with Crippen molar-refractivity contribution in [3.63, 3.8) is 0 Å². The highest BCUT2D eigenvalue weighted by Gasteiger charge is 2.28. The highest BCUT2D eigenvalue weighted by atomic mass is 79.9. The molecule has 0 aromatic carbocycles. The van der Waals surface area contributed by atoms with Crippen molar-refractivity contribution in [2.24, 2.45) is 0 Å². The molecule has 1 N–H and O–H groups in total. The van der Waals surface area contributed by atoms with Gasteiger partial charge in [0, 0.05) is 39.9 Å². The van der Waals surface area contributed by atoms with Gasteiger partial charge in [-0.25, -0.2) is 0 Å². The minimum absolute atomic E-state index is 0.354. The lowest BCUT2D eigenvalue weighted by Gasteiger charge is -2.39. The summed E-state index contributed by atoms with van der Waals surface area (Å²) in [5.41, 5.74) is 0.354. The first-order valence-electron chi connectivity index (χ1n) is 5.75. The smallest absolute Gasteiger partial charge is 0.0328 e. The Bertz CT molecular complexity index is 343. The van der Waals surface area contributed by atoms with E-state index < -0.39 is 0 Å². The number of rotatable bonds is 3. The van der Waals surface area contributed by atoms with E-state index in [2.05, 4.69) is 51.6 Å². The molecule has 16 heavy (non-hydrogen) atoms. The largest absolute Gasteiger partial charge is 0.314 e. The summed E-state index contributed by atoms with van der Waals surface area (Å²) in [6.07, 6.45) is 2.49. The van der Waals surface area contributed by atoms with Gasteiger partial charge in [0.15, 0.2) is 0 Å².